The van der Waals surface area contributed by atoms with E-state index in [9.17, 15) is 37.7 Å². The van der Waals surface area contributed by atoms with Gasteiger partial charge in [-0.1, -0.05) is 42.5 Å². The van der Waals surface area contributed by atoms with Gasteiger partial charge < -0.3 is 15.3 Å². The van der Waals surface area contributed by atoms with E-state index in [1.165, 1.54) is 24.3 Å². The Morgan fingerprint density at radius 1 is 0.846 bits per heavy atom. The molecule has 0 amide bonds. The van der Waals surface area contributed by atoms with E-state index < -0.39 is 29.4 Å². The number of phenols is 1. The molecule has 1 aromatic heterocycles. The molecule has 0 aliphatic heterocycles. The molecule has 0 aliphatic rings. The average molecular weight is 535 g/mol. The van der Waals surface area contributed by atoms with Gasteiger partial charge in [-0.15, -0.1) is 10.2 Å². The third kappa shape index (κ3) is 4.65. The molecule has 4 aromatic carbocycles. The van der Waals surface area contributed by atoms with E-state index in [2.05, 4.69) is 10.2 Å². The molecule has 1 heterocycles. The summed E-state index contributed by atoms with van der Waals surface area (Å²) in [7, 11) is 0. The summed E-state index contributed by atoms with van der Waals surface area (Å²) in [5, 5.41) is 39.6. The number of hydrogen-bond acceptors (Lipinski definition) is 5. The van der Waals surface area contributed by atoms with Gasteiger partial charge in [0, 0.05) is 10.9 Å². The summed E-state index contributed by atoms with van der Waals surface area (Å²) in [5.41, 5.74) is -0.503. The fraction of sp³-hybridized carbons (Fsp3) is 0.0357. The zero-order valence-corrected chi connectivity index (χ0v) is 19.7. The van der Waals surface area contributed by atoms with Crippen molar-refractivity contribution < 1.29 is 37.7 Å². The lowest BCUT2D eigenvalue weighted by atomic mass is 10.0. The second-order valence-corrected chi connectivity index (χ2v) is 8.45. The summed E-state index contributed by atoms with van der Waals surface area (Å²) in [5.74, 6) is -3.44. The van der Waals surface area contributed by atoms with Crippen LogP contribution in [0.25, 0.3) is 27.7 Å². The normalized spacial score (nSPS) is 11.9. The molecule has 0 aliphatic carbocycles. The predicted octanol–water partition coefficient (Wildman–Crippen LogP) is 7.98. The van der Waals surface area contributed by atoms with Crippen LogP contribution in [0, 0.1) is 5.82 Å². The summed E-state index contributed by atoms with van der Waals surface area (Å²) in [6, 6.07) is 19.2. The molecule has 39 heavy (non-hydrogen) atoms. The van der Waals surface area contributed by atoms with Gasteiger partial charge in [0.15, 0.2) is 11.4 Å². The molecular weight excluding hydrogens is 518 g/mol. The van der Waals surface area contributed by atoms with Gasteiger partial charge in [-0.25, -0.2) is 9.18 Å². The van der Waals surface area contributed by atoms with Crippen LogP contribution in [0.5, 0.6) is 11.6 Å². The number of aromatic carboxylic acids is 1. The summed E-state index contributed by atoms with van der Waals surface area (Å²) in [6.07, 6.45) is -4.88. The standard InChI is InChI=1S/C28H17F4N3O4/c29-21-14-17(11-12-20(21)28(30,31)32)35-23-10-2-1-7-19(23)24(26(35)37)34-33-22-9-4-8-18(25(22)36)15-5-3-6-16(13-15)27(38)39/h1-14,36-37H,(H,38,39). The van der Waals surface area contributed by atoms with Crippen LogP contribution in [0.1, 0.15) is 15.9 Å². The van der Waals surface area contributed by atoms with E-state index in [4.69, 9.17) is 0 Å². The number of carbonyl (C=O) groups is 1. The van der Waals surface area contributed by atoms with Crippen LogP contribution in [0.15, 0.2) is 95.2 Å². The van der Waals surface area contributed by atoms with E-state index in [-0.39, 0.29) is 28.4 Å². The first kappa shape index (κ1) is 25.5. The van der Waals surface area contributed by atoms with Gasteiger partial charge in [-0.05, 0) is 48.0 Å². The monoisotopic (exact) mass is 535 g/mol. The Morgan fingerprint density at radius 3 is 2.31 bits per heavy atom. The Kier molecular flexibility index (Phi) is 6.27. The maximum atomic E-state index is 14.3. The minimum absolute atomic E-state index is 0.00466. The third-order valence-corrected chi connectivity index (χ3v) is 6.03. The molecule has 0 unspecified atom stereocenters. The maximum Gasteiger partial charge on any atom is 0.419 e. The van der Waals surface area contributed by atoms with Gasteiger partial charge >= 0.3 is 12.1 Å². The number of carboxylic acids is 1. The molecule has 0 fully saturated rings. The first-order chi connectivity index (χ1) is 18.6. The smallest absolute Gasteiger partial charge is 0.419 e. The first-order valence-electron chi connectivity index (χ1n) is 11.3. The lowest BCUT2D eigenvalue weighted by Gasteiger charge is -2.11. The highest BCUT2D eigenvalue weighted by molar-refractivity contribution is 5.96. The number of para-hydroxylation sites is 2. The number of phenolic OH excluding ortho intramolecular Hbond substituents is 1. The van der Waals surface area contributed by atoms with Crippen LogP contribution in [0.2, 0.25) is 0 Å². The molecule has 0 radical (unpaired) electrons. The van der Waals surface area contributed by atoms with E-state index >= 15 is 0 Å². The van der Waals surface area contributed by atoms with Crippen molar-refractivity contribution in [2.75, 3.05) is 0 Å². The van der Waals surface area contributed by atoms with E-state index in [1.807, 2.05) is 0 Å². The molecule has 0 atom stereocenters. The third-order valence-electron chi connectivity index (χ3n) is 6.03. The molecule has 0 bridgehead atoms. The molecule has 196 valence electrons. The largest absolute Gasteiger partial charge is 0.505 e. The van der Waals surface area contributed by atoms with Gasteiger partial charge in [-0.3, -0.25) is 4.57 Å². The zero-order chi connectivity index (χ0) is 27.9. The highest BCUT2D eigenvalue weighted by Gasteiger charge is 2.34. The van der Waals surface area contributed by atoms with E-state index in [1.54, 1.807) is 42.5 Å². The Morgan fingerprint density at radius 2 is 1.59 bits per heavy atom. The van der Waals surface area contributed by atoms with E-state index in [0.717, 1.165) is 10.6 Å². The molecular formula is C28H17F4N3O4. The highest BCUT2D eigenvalue weighted by Crippen LogP contribution is 2.44. The summed E-state index contributed by atoms with van der Waals surface area (Å²) in [6.45, 7) is 0. The lowest BCUT2D eigenvalue weighted by molar-refractivity contribution is -0.140. The van der Waals surface area contributed by atoms with Crippen molar-refractivity contribution in [1.29, 1.82) is 0 Å². The van der Waals surface area contributed by atoms with Gasteiger partial charge in [0.2, 0.25) is 5.88 Å². The number of nitrogens with zero attached hydrogens (tertiary/aromatic N) is 3. The number of alkyl halides is 3. The van der Waals surface area contributed by atoms with Crippen molar-refractivity contribution in [3.63, 3.8) is 0 Å². The first-order valence-corrected chi connectivity index (χ1v) is 11.3. The molecule has 7 nitrogen and oxygen atoms in total. The number of aromatic hydroxyl groups is 2. The molecule has 3 N–H and O–H groups in total. The van der Waals surface area contributed by atoms with Crippen LogP contribution in [-0.2, 0) is 6.18 Å². The quantitative estimate of drug-likeness (QED) is 0.157. The van der Waals surface area contributed by atoms with Crippen molar-refractivity contribution in [2.24, 2.45) is 10.2 Å². The minimum Gasteiger partial charge on any atom is -0.505 e. The van der Waals surface area contributed by atoms with Crippen molar-refractivity contribution in [3.05, 3.63) is 102 Å². The molecule has 0 spiro atoms. The Labute approximate surface area is 217 Å². The Balaban J connectivity index is 1.59. The second-order valence-electron chi connectivity index (χ2n) is 8.45. The second kappa shape index (κ2) is 9.60. The van der Waals surface area contributed by atoms with Crippen LogP contribution >= 0.6 is 0 Å². The summed E-state index contributed by atoms with van der Waals surface area (Å²) in [4.78, 5) is 11.3. The highest BCUT2D eigenvalue weighted by atomic mass is 19.4. The topological polar surface area (TPSA) is 107 Å². The van der Waals surface area contributed by atoms with Crippen molar-refractivity contribution in [2.45, 2.75) is 6.18 Å². The summed E-state index contributed by atoms with van der Waals surface area (Å²) >= 11 is 0. The number of fused-ring (bicyclic) bond motifs is 1. The minimum atomic E-state index is -4.88. The molecule has 0 saturated heterocycles. The number of benzene rings is 4. The van der Waals surface area contributed by atoms with Gasteiger partial charge in [0.05, 0.1) is 22.3 Å². The number of hydrogen-bond donors (Lipinski definition) is 3. The average Bonchev–Trinajstić information content (AvgIpc) is 3.18. The van der Waals surface area contributed by atoms with Crippen LogP contribution in [0.3, 0.4) is 0 Å². The number of carboxylic acid groups (broad SMARTS) is 1. The number of halogens is 4. The fourth-order valence-corrected chi connectivity index (χ4v) is 4.21. The van der Waals surface area contributed by atoms with Crippen molar-refractivity contribution in [3.8, 4) is 28.4 Å². The zero-order valence-electron chi connectivity index (χ0n) is 19.7. The number of aromatic nitrogens is 1. The molecule has 5 aromatic rings. The number of rotatable bonds is 5. The SMILES string of the molecule is O=C(O)c1cccc(-c2cccc(N=Nc3c(O)n(-c4ccc(C(F)(F)F)c(F)c4)c4ccccc34)c2O)c1. The molecule has 0 saturated carbocycles. The molecule has 11 heteroatoms. The lowest BCUT2D eigenvalue weighted by Crippen LogP contribution is -2.08. The number of azo groups is 1. The molecule has 5 rings (SSSR count). The van der Waals surface area contributed by atoms with E-state index in [0.29, 0.717) is 34.2 Å². The van der Waals surface area contributed by atoms with Crippen LogP contribution < -0.4 is 0 Å². The van der Waals surface area contributed by atoms with Crippen molar-refractivity contribution in [1.82, 2.24) is 4.57 Å². The Hall–Kier alpha value is -5.19. The predicted molar refractivity (Wildman–Crippen MR) is 135 cm³/mol. The van der Waals surface area contributed by atoms with Gasteiger partial charge in [0.1, 0.15) is 11.5 Å². The van der Waals surface area contributed by atoms with Gasteiger partial charge in [0.25, 0.3) is 0 Å². The van der Waals surface area contributed by atoms with Crippen LogP contribution in [-0.4, -0.2) is 25.9 Å². The van der Waals surface area contributed by atoms with Gasteiger partial charge in [-0.2, -0.15) is 13.2 Å². The fourth-order valence-electron chi connectivity index (χ4n) is 4.21. The summed E-state index contributed by atoms with van der Waals surface area (Å²) < 4.78 is 54.6. The van der Waals surface area contributed by atoms with Crippen LogP contribution in [0.4, 0.5) is 28.9 Å². The Bertz CT molecular complexity index is 1780. The maximum absolute atomic E-state index is 14.3. The van der Waals surface area contributed by atoms with Crippen molar-refractivity contribution >= 4 is 28.2 Å².